The molecule has 0 saturated carbocycles. The zero-order valence-electron chi connectivity index (χ0n) is 14.1. The van der Waals surface area contributed by atoms with E-state index in [9.17, 15) is 0 Å². The number of hydrogen-bond acceptors (Lipinski definition) is 6. The highest BCUT2D eigenvalue weighted by Crippen LogP contribution is 2.41. The van der Waals surface area contributed by atoms with Crippen LogP contribution in [-0.4, -0.2) is 28.0 Å². The summed E-state index contributed by atoms with van der Waals surface area (Å²) in [5, 5.41) is 4.77. The fraction of sp³-hybridized carbons (Fsp3) is 0.421. The largest absolute Gasteiger partial charge is 0.349 e. The lowest BCUT2D eigenvalue weighted by molar-refractivity contribution is 0.469. The summed E-state index contributed by atoms with van der Waals surface area (Å²) in [7, 11) is 0. The second kappa shape index (κ2) is 6.35. The number of thiophene rings is 1. The van der Waals surface area contributed by atoms with Crippen molar-refractivity contribution in [3.63, 3.8) is 0 Å². The summed E-state index contributed by atoms with van der Waals surface area (Å²) in [5.41, 5.74) is 2.75. The molecule has 5 heterocycles. The first-order chi connectivity index (χ1) is 12.4. The van der Waals surface area contributed by atoms with Gasteiger partial charge in [-0.15, -0.1) is 11.3 Å². The van der Waals surface area contributed by atoms with E-state index in [1.54, 1.807) is 6.33 Å². The van der Waals surface area contributed by atoms with Crippen LogP contribution in [0.25, 0.3) is 10.2 Å². The average Bonchev–Trinajstić information content (AvgIpc) is 3.07. The number of fused-ring (bicyclic) bond motifs is 3. The maximum Gasteiger partial charge on any atom is 0.141 e. The van der Waals surface area contributed by atoms with Crippen LogP contribution in [0, 0.1) is 0 Å². The minimum absolute atomic E-state index is 0.359. The first kappa shape index (κ1) is 15.2. The van der Waals surface area contributed by atoms with Gasteiger partial charge in [0.05, 0.1) is 11.4 Å². The van der Waals surface area contributed by atoms with Crippen LogP contribution in [0.2, 0.25) is 0 Å². The lowest BCUT2D eigenvalue weighted by Gasteiger charge is -2.37. The SMILES string of the molecule is c1cncc([C@H]2CCCCN2c2ncnc3sc4c(c23)CCNC4)c1. The highest BCUT2D eigenvalue weighted by atomic mass is 32.1. The Morgan fingerprint density at radius 2 is 2.24 bits per heavy atom. The second-order valence-electron chi connectivity index (χ2n) is 6.80. The smallest absolute Gasteiger partial charge is 0.141 e. The maximum absolute atomic E-state index is 4.77. The summed E-state index contributed by atoms with van der Waals surface area (Å²) in [4.78, 5) is 18.8. The molecule has 2 aliphatic rings. The molecule has 5 nitrogen and oxygen atoms in total. The van der Waals surface area contributed by atoms with Gasteiger partial charge in [0.1, 0.15) is 17.0 Å². The van der Waals surface area contributed by atoms with E-state index in [0.29, 0.717) is 6.04 Å². The van der Waals surface area contributed by atoms with E-state index in [4.69, 9.17) is 4.98 Å². The number of hydrogen-bond donors (Lipinski definition) is 1. The van der Waals surface area contributed by atoms with E-state index in [1.165, 1.54) is 34.2 Å². The van der Waals surface area contributed by atoms with Gasteiger partial charge < -0.3 is 10.2 Å². The van der Waals surface area contributed by atoms with Gasteiger partial charge in [-0.05, 0) is 49.4 Å². The summed E-state index contributed by atoms with van der Waals surface area (Å²) in [6, 6.07) is 4.59. The Bertz CT molecular complexity index is 891. The Kier molecular flexibility index (Phi) is 3.87. The van der Waals surface area contributed by atoms with Crippen LogP contribution in [0.3, 0.4) is 0 Å². The fourth-order valence-corrected chi connectivity index (χ4v) is 5.32. The number of nitrogens with one attached hydrogen (secondary N) is 1. The predicted molar refractivity (Wildman–Crippen MR) is 101 cm³/mol. The Morgan fingerprint density at radius 1 is 1.24 bits per heavy atom. The van der Waals surface area contributed by atoms with Gasteiger partial charge in [0.15, 0.2) is 0 Å². The molecule has 128 valence electrons. The molecule has 25 heavy (non-hydrogen) atoms. The zero-order valence-corrected chi connectivity index (χ0v) is 14.9. The van der Waals surface area contributed by atoms with Gasteiger partial charge in [-0.1, -0.05) is 6.07 Å². The molecule has 0 aromatic carbocycles. The Labute approximate surface area is 151 Å². The quantitative estimate of drug-likeness (QED) is 0.766. The molecular formula is C19H21N5S. The van der Waals surface area contributed by atoms with Crippen LogP contribution in [0.4, 0.5) is 5.82 Å². The molecule has 6 heteroatoms. The van der Waals surface area contributed by atoms with Crippen LogP contribution in [0.5, 0.6) is 0 Å². The molecule has 3 aromatic heterocycles. The standard InChI is InChI=1S/C19H21N5S/c1-2-9-24(15(5-1)13-4-3-7-20-10-13)18-17-14-6-8-21-11-16(14)25-19(17)23-12-22-18/h3-4,7,10,12,15,21H,1-2,5-6,8-9,11H2/t15-/m1/s1. The van der Waals surface area contributed by atoms with Crippen molar-refractivity contribution in [2.45, 2.75) is 38.3 Å². The average molecular weight is 351 g/mol. The Balaban J connectivity index is 1.65. The number of pyridine rings is 1. The molecular weight excluding hydrogens is 330 g/mol. The van der Waals surface area contributed by atoms with E-state index < -0.39 is 0 Å². The number of aromatic nitrogens is 3. The molecule has 3 aromatic rings. The molecule has 5 rings (SSSR count). The molecule has 0 amide bonds. The fourth-order valence-electron chi connectivity index (χ4n) is 4.16. The van der Waals surface area contributed by atoms with Gasteiger partial charge in [-0.3, -0.25) is 4.98 Å². The van der Waals surface area contributed by atoms with Gasteiger partial charge in [0.25, 0.3) is 0 Å². The summed E-state index contributed by atoms with van der Waals surface area (Å²) in [5.74, 6) is 1.12. The molecule has 0 bridgehead atoms. The van der Waals surface area contributed by atoms with E-state index in [2.05, 4.69) is 26.3 Å². The minimum Gasteiger partial charge on any atom is -0.349 e. The van der Waals surface area contributed by atoms with E-state index in [-0.39, 0.29) is 0 Å². The number of nitrogens with zero attached hydrogens (tertiary/aromatic N) is 4. The van der Waals surface area contributed by atoms with Crippen molar-refractivity contribution in [1.29, 1.82) is 0 Å². The third-order valence-corrected chi connectivity index (χ3v) is 6.47. The first-order valence-corrected chi connectivity index (χ1v) is 9.86. The molecule has 1 N–H and O–H groups in total. The molecule has 1 atom stereocenters. The van der Waals surface area contributed by atoms with Gasteiger partial charge in [0, 0.05) is 30.4 Å². The van der Waals surface area contributed by atoms with Crippen LogP contribution < -0.4 is 10.2 Å². The Hall–Kier alpha value is -2.05. The second-order valence-corrected chi connectivity index (χ2v) is 7.88. The van der Waals surface area contributed by atoms with E-state index >= 15 is 0 Å². The van der Waals surface area contributed by atoms with Crippen molar-refractivity contribution in [3.05, 3.63) is 46.9 Å². The van der Waals surface area contributed by atoms with Crippen LogP contribution in [0.1, 0.15) is 41.3 Å². The Morgan fingerprint density at radius 3 is 3.16 bits per heavy atom. The zero-order chi connectivity index (χ0) is 16.6. The van der Waals surface area contributed by atoms with Gasteiger partial charge >= 0.3 is 0 Å². The van der Waals surface area contributed by atoms with Crippen molar-refractivity contribution in [1.82, 2.24) is 20.3 Å². The van der Waals surface area contributed by atoms with Crippen molar-refractivity contribution >= 4 is 27.4 Å². The van der Waals surface area contributed by atoms with Gasteiger partial charge in [-0.2, -0.15) is 0 Å². The van der Waals surface area contributed by atoms with Crippen LogP contribution in [-0.2, 0) is 13.0 Å². The van der Waals surface area contributed by atoms with E-state index in [1.807, 2.05) is 29.8 Å². The van der Waals surface area contributed by atoms with Crippen molar-refractivity contribution < 1.29 is 0 Å². The van der Waals surface area contributed by atoms with Gasteiger partial charge in [0.2, 0.25) is 0 Å². The normalized spacial score (nSPS) is 20.6. The molecule has 0 unspecified atom stereocenters. The van der Waals surface area contributed by atoms with Crippen LogP contribution >= 0.6 is 11.3 Å². The number of anilines is 1. The van der Waals surface area contributed by atoms with Crippen LogP contribution in [0.15, 0.2) is 30.9 Å². The predicted octanol–water partition coefficient (Wildman–Crippen LogP) is 3.46. The topological polar surface area (TPSA) is 53.9 Å². The van der Waals surface area contributed by atoms with Crippen molar-refractivity contribution in [2.24, 2.45) is 0 Å². The first-order valence-electron chi connectivity index (χ1n) is 9.04. The third-order valence-electron chi connectivity index (χ3n) is 5.33. The summed E-state index contributed by atoms with van der Waals surface area (Å²) in [6.07, 6.45) is 10.3. The summed E-state index contributed by atoms with van der Waals surface area (Å²) in [6.45, 7) is 3.05. The van der Waals surface area contributed by atoms with Crippen molar-refractivity contribution in [3.8, 4) is 0 Å². The van der Waals surface area contributed by atoms with Crippen molar-refractivity contribution in [2.75, 3.05) is 18.0 Å². The molecule has 1 saturated heterocycles. The lowest BCUT2D eigenvalue weighted by atomic mass is 9.95. The third kappa shape index (κ3) is 2.60. The highest BCUT2D eigenvalue weighted by Gasteiger charge is 2.29. The molecule has 0 aliphatic carbocycles. The molecule has 2 aliphatic heterocycles. The number of rotatable bonds is 2. The number of piperidine rings is 1. The lowest BCUT2D eigenvalue weighted by Crippen LogP contribution is -2.34. The molecule has 0 radical (unpaired) electrons. The molecule has 1 fully saturated rings. The molecule has 0 spiro atoms. The minimum atomic E-state index is 0.359. The summed E-state index contributed by atoms with van der Waals surface area (Å²) < 4.78 is 0. The van der Waals surface area contributed by atoms with E-state index in [0.717, 1.165) is 43.1 Å². The van der Waals surface area contributed by atoms with Gasteiger partial charge in [-0.25, -0.2) is 9.97 Å². The monoisotopic (exact) mass is 351 g/mol. The summed E-state index contributed by atoms with van der Waals surface area (Å²) >= 11 is 1.82. The maximum atomic E-state index is 4.77. The highest BCUT2D eigenvalue weighted by molar-refractivity contribution is 7.19.